The Morgan fingerprint density at radius 1 is 1.00 bits per heavy atom. The van der Waals surface area contributed by atoms with Crippen molar-refractivity contribution in [2.45, 2.75) is 43.2 Å². The van der Waals surface area contributed by atoms with Gasteiger partial charge in [0.25, 0.3) is 0 Å². The third-order valence-corrected chi connectivity index (χ3v) is 9.29. The fourth-order valence-electron chi connectivity index (χ4n) is 7.89. The van der Waals surface area contributed by atoms with Gasteiger partial charge in [0, 0.05) is 34.5 Å². The molecule has 2 bridgehead atoms. The van der Waals surface area contributed by atoms with Crippen molar-refractivity contribution in [2.24, 2.45) is 5.92 Å². The maximum absolute atomic E-state index is 10.8. The predicted molar refractivity (Wildman–Crippen MR) is 132 cm³/mol. The van der Waals surface area contributed by atoms with Crippen LogP contribution in [0.3, 0.4) is 0 Å². The van der Waals surface area contributed by atoms with Gasteiger partial charge in [-0.2, -0.15) is 0 Å². The number of para-hydroxylation sites is 1. The molecule has 2 aliphatic carbocycles. The maximum atomic E-state index is 10.8. The molecule has 4 atom stereocenters. The summed E-state index contributed by atoms with van der Waals surface area (Å²) >= 11 is 0. The number of fused-ring (bicyclic) bond motifs is 4. The van der Waals surface area contributed by atoms with E-state index in [9.17, 15) is 5.11 Å². The highest BCUT2D eigenvalue weighted by Crippen LogP contribution is 2.67. The lowest BCUT2D eigenvalue weighted by Gasteiger charge is -2.58. The third kappa shape index (κ3) is 2.32. The van der Waals surface area contributed by atoms with Crippen LogP contribution in [0.5, 0.6) is 11.5 Å². The molecule has 2 N–H and O–H groups in total. The van der Waals surface area contributed by atoms with Crippen molar-refractivity contribution < 1.29 is 9.84 Å². The molecule has 1 fully saturated rings. The van der Waals surface area contributed by atoms with E-state index in [-0.39, 0.29) is 11.5 Å². The molecule has 4 nitrogen and oxygen atoms in total. The summed E-state index contributed by atoms with van der Waals surface area (Å²) in [5, 5.41) is 12.1. The number of piperidine rings is 1. The first-order chi connectivity index (χ1) is 16.7. The van der Waals surface area contributed by atoms with Crippen LogP contribution < -0.4 is 4.74 Å². The molecule has 4 aromatic rings. The first kappa shape index (κ1) is 19.1. The number of H-pyrrole nitrogens is 1. The zero-order chi connectivity index (χ0) is 22.4. The molecule has 1 saturated heterocycles. The molecule has 0 amide bonds. The second kappa shape index (κ2) is 6.67. The molecule has 4 heteroatoms. The van der Waals surface area contributed by atoms with Gasteiger partial charge in [-0.1, -0.05) is 54.6 Å². The number of hydrogen-bond acceptors (Lipinski definition) is 3. The standard InChI is InChI=1S/C30H28N2O2/c33-25-11-10-19-16-24-22-17-21-20-8-4-5-9-23(20)31-27(21)29-30(22,26(19)28(25)34-29)13-15-32(24)14-12-18-6-2-1-3-7-18/h1-11,22,24,29,31,33H,12-17H2/t22-,24+,29-,30-/m0/s1. The van der Waals surface area contributed by atoms with E-state index in [1.165, 1.54) is 38.9 Å². The number of nitrogens with zero attached hydrogens (tertiary/aromatic N) is 1. The van der Waals surface area contributed by atoms with Crippen LogP contribution in [-0.4, -0.2) is 34.1 Å². The SMILES string of the molecule is Oc1ccc2c3c1O[C@H]1c4[nH]c5ccccc5c4C[C@H]4[C@@H](C2)N(CCc2ccccc2)CC[C@]314. The van der Waals surface area contributed by atoms with Crippen molar-refractivity contribution in [1.29, 1.82) is 0 Å². The maximum Gasteiger partial charge on any atom is 0.166 e. The molecule has 8 rings (SSSR count). The van der Waals surface area contributed by atoms with Gasteiger partial charge in [0.05, 0.1) is 5.69 Å². The Balaban J connectivity index is 1.28. The number of nitrogens with one attached hydrogen (secondary N) is 1. The number of ether oxygens (including phenoxy) is 1. The van der Waals surface area contributed by atoms with Gasteiger partial charge in [0.15, 0.2) is 11.5 Å². The Labute approximate surface area is 199 Å². The molecule has 34 heavy (non-hydrogen) atoms. The van der Waals surface area contributed by atoms with Gasteiger partial charge in [0.1, 0.15) is 6.10 Å². The topological polar surface area (TPSA) is 48.5 Å². The van der Waals surface area contributed by atoms with Crippen molar-refractivity contribution in [3.8, 4) is 11.5 Å². The fraction of sp³-hybridized carbons (Fsp3) is 0.333. The van der Waals surface area contributed by atoms with Crippen LogP contribution in [0.4, 0.5) is 0 Å². The zero-order valence-corrected chi connectivity index (χ0v) is 19.1. The highest BCUT2D eigenvalue weighted by molar-refractivity contribution is 5.86. The molecule has 3 heterocycles. The van der Waals surface area contributed by atoms with Crippen LogP contribution in [0.15, 0.2) is 66.7 Å². The van der Waals surface area contributed by atoms with E-state index in [4.69, 9.17) is 4.74 Å². The Bertz CT molecular complexity index is 1440. The number of aromatic amines is 1. The molecule has 0 unspecified atom stereocenters. The first-order valence-corrected chi connectivity index (χ1v) is 12.6. The van der Waals surface area contributed by atoms with E-state index < -0.39 is 0 Å². The molecule has 2 aliphatic heterocycles. The minimum absolute atomic E-state index is 0.0465. The van der Waals surface area contributed by atoms with E-state index in [1.54, 1.807) is 0 Å². The van der Waals surface area contributed by atoms with Crippen molar-refractivity contribution in [1.82, 2.24) is 9.88 Å². The minimum Gasteiger partial charge on any atom is -0.504 e. The average molecular weight is 449 g/mol. The summed E-state index contributed by atoms with van der Waals surface area (Å²) in [6.07, 6.45) is 4.22. The summed E-state index contributed by atoms with van der Waals surface area (Å²) in [5.74, 6) is 1.53. The zero-order valence-electron chi connectivity index (χ0n) is 19.1. The summed E-state index contributed by atoms with van der Waals surface area (Å²) in [5.41, 5.74) is 7.90. The van der Waals surface area contributed by atoms with E-state index in [2.05, 4.69) is 70.5 Å². The smallest absolute Gasteiger partial charge is 0.166 e. The molecule has 0 saturated carbocycles. The van der Waals surface area contributed by atoms with Crippen LogP contribution in [0.25, 0.3) is 10.9 Å². The largest absolute Gasteiger partial charge is 0.504 e. The predicted octanol–water partition coefficient (Wildman–Crippen LogP) is 5.29. The molecule has 0 radical (unpaired) electrons. The Hall–Kier alpha value is -3.24. The second-order valence-corrected chi connectivity index (χ2v) is 10.7. The summed E-state index contributed by atoms with van der Waals surface area (Å²) < 4.78 is 6.73. The summed E-state index contributed by atoms with van der Waals surface area (Å²) in [6, 6.07) is 24.1. The summed E-state index contributed by atoms with van der Waals surface area (Å²) in [6.45, 7) is 2.17. The fourth-order valence-corrected chi connectivity index (χ4v) is 7.89. The highest BCUT2D eigenvalue weighted by atomic mass is 16.5. The van der Waals surface area contributed by atoms with Gasteiger partial charge in [-0.15, -0.1) is 0 Å². The number of aromatic nitrogens is 1. The Morgan fingerprint density at radius 2 is 1.85 bits per heavy atom. The monoisotopic (exact) mass is 448 g/mol. The summed E-state index contributed by atoms with van der Waals surface area (Å²) in [7, 11) is 0. The minimum atomic E-state index is -0.0521. The van der Waals surface area contributed by atoms with Crippen molar-refractivity contribution >= 4 is 10.9 Å². The number of phenolic OH excluding ortho intramolecular Hbond substituents is 1. The average Bonchev–Trinajstić information content (AvgIpc) is 3.41. The van der Waals surface area contributed by atoms with Crippen molar-refractivity contribution in [3.63, 3.8) is 0 Å². The number of likely N-dealkylation sites (tertiary alicyclic amines) is 1. The lowest BCUT2D eigenvalue weighted by Crippen LogP contribution is -2.63. The molecule has 1 spiro atoms. The van der Waals surface area contributed by atoms with Crippen LogP contribution >= 0.6 is 0 Å². The third-order valence-electron chi connectivity index (χ3n) is 9.29. The van der Waals surface area contributed by atoms with Gasteiger partial charge >= 0.3 is 0 Å². The molecule has 3 aromatic carbocycles. The molecular formula is C30H28N2O2. The summed E-state index contributed by atoms with van der Waals surface area (Å²) in [4.78, 5) is 6.50. The lowest BCUT2D eigenvalue weighted by molar-refractivity contribution is -0.0350. The van der Waals surface area contributed by atoms with Gasteiger partial charge in [-0.3, -0.25) is 4.90 Å². The Morgan fingerprint density at radius 3 is 2.76 bits per heavy atom. The number of hydrogen-bond donors (Lipinski definition) is 2. The van der Waals surface area contributed by atoms with Crippen molar-refractivity contribution in [3.05, 3.63) is 94.7 Å². The van der Waals surface area contributed by atoms with Gasteiger partial charge in [-0.25, -0.2) is 0 Å². The molecule has 1 aromatic heterocycles. The van der Waals surface area contributed by atoms with Crippen LogP contribution in [0, 0.1) is 5.92 Å². The van der Waals surface area contributed by atoms with Crippen LogP contribution in [0.1, 0.15) is 40.5 Å². The molecule has 4 aliphatic rings. The number of rotatable bonds is 3. The quantitative estimate of drug-likeness (QED) is 0.448. The van der Waals surface area contributed by atoms with Gasteiger partial charge in [0.2, 0.25) is 0 Å². The number of phenols is 1. The van der Waals surface area contributed by atoms with Crippen LogP contribution in [-0.2, 0) is 24.7 Å². The second-order valence-electron chi connectivity index (χ2n) is 10.7. The van der Waals surface area contributed by atoms with E-state index in [1.807, 2.05) is 6.07 Å². The Kier molecular flexibility index (Phi) is 3.75. The van der Waals surface area contributed by atoms with E-state index in [0.717, 1.165) is 44.5 Å². The van der Waals surface area contributed by atoms with Gasteiger partial charge < -0.3 is 14.8 Å². The van der Waals surface area contributed by atoms with Crippen molar-refractivity contribution in [2.75, 3.05) is 13.1 Å². The highest BCUT2D eigenvalue weighted by Gasteiger charge is 2.65. The molecular weight excluding hydrogens is 420 g/mol. The normalized spacial score (nSPS) is 28.4. The van der Waals surface area contributed by atoms with Crippen LogP contribution in [0.2, 0.25) is 0 Å². The first-order valence-electron chi connectivity index (χ1n) is 12.6. The lowest BCUT2D eigenvalue weighted by atomic mass is 9.51. The number of aromatic hydroxyl groups is 1. The van der Waals surface area contributed by atoms with Gasteiger partial charge in [-0.05, 0) is 67.0 Å². The van der Waals surface area contributed by atoms with E-state index >= 15 is 0 Å². The molecule has 170 valence electrons. The van der Waals surface area contributed by atoms with E-state index in [0.29, 0.717) is 17.7 Å². The number of benzene rings is 3.